The fraction of sp³-hybridized carbons (Fsp3) is 0. The lowest BCUT2D eigenvalue weighted by Crippen LogP contribution is -2.14. The first-order valence-electron chi connectivity index (χ1n) is 3.36. The number of hydrogen-bond acceptors (Lipinski definition) is 3. The minimum Gasteiger partial charge on any atom is -0.365 e. The van der Waals surface area contributed by atoms with E-state index in [2.05, 4.69) is 0 Å². The van der Waals surface area contributed by atoms with E-state index in [1.807, 2.05) is 0 Å². The lowest BCUT2D eigenvalue weighted by Gasteiger charge is -1.99. The van der Waals surface area contributed by atoms with Gasteiger partial charge in [0.05, 0.1) is 4.92 Å². The predicted octanol–water partition coefficient (Wildman–Crippen LogP) is 0.972. The monoisotopic (exact) mass is 202 g/mol. The first-order valence-corrected chi connectivity index (χ1v) is 3.36. The number of nitro groups is 1. The molecule has 0 radical (unpaired) electrons. The highest BCUT2D eigenvalue weighted by molar-refractivity contribution is 5.96. The molecule has 5 nitrogen and oxygen atoms in total. The fourth-order valence-electron chi connectivity index (χ4n) is 0.939. The summed E-state index contributed by atoms with van der Waals surface area (Å²) >= 11 is 0. The van der Waals surface area contributed by atoms with Gasteiger partial charge >= 0.3 is 5.69 Å². The van der Waals surface area contributed by atoms with Gasteiger partial charge in [0.15, 0.2) is 0 Å². The second kappa shape index (κ2) is 3.36. The Bertz CT molecular complexity index is 420. The maximum atomic E-state index is 12.8. The number of primary amides is 1. The molecule has 0 saturated carbocycles. The lowest BCUT2D eigenvalue weighted by atomic mass is 10.1. The number of benzene rings is 1. The third-order valence-corrected chi connectivity index (χ3v) is 1.48. The lowest BCUT2D eigenvalue weighted by molar-refractivity contribution is -0.387. The van der Waals surface area contributed by atoms with Crippen LogP contribution in [0.4, 0.5) is 14.5 Å². The van der Waals surface area contributed by atoms with E-state index in [1.54, 1.807) is 0 Å². The van der Waals surface area contributed by atoms with Gasteiger partial charge in [-0.15, -0.1) is 0 Å². The van der Waals surface area contributed by atoms with Crippen LogP contribution in [0.3, 0.4) is 0 Å². The summed E-state index contributed by atoms with van der Waals surface area (Å²) in [6, 6.07) is 0.828. The first-order chi connectivity index (χ1) is 6.43. The molecule has 1 aromatic rings. The zero-order chi connectivity index (χ0) is 10.9. The Morgan fingerprint density at radius 2 is 2.00 bits per heavy atom. The second-order valence-corrected chi connectivity index (χ2v) is 2.41. The minimum atomic E-state index is -1.43. The van der Waals surface area contributed by atoms with Crippen LogP contribution in [-0.2, 0) is 0 Å². The van der Waals surface area contributed by atoms with Gasteiger partial charge in [0, 0.05) is 6.07 Å². The molecular formula is C7H4F2N2O3. The minimum absolute atomic E-state index is 0.310. The van der Waals surface area contributed by atoms with Gasteiger partial charge in [0.2, 0.25) is 5.82 Å². The molecule has 0 aliphatic carbocycles. The largest absolute Gasteiger partial charge is 0.365 e. The molecule has 0 aliphatic heterocycles. The van der Waals surface area contributed by atoms with Crippen LogP contribution >= 0.6 is 0 Å². The highest BCUT2D eigenvalue weighted by Gasteiger charge is 2.24. The van der Waals surface area contributed by atoms with Crippen molar-refractivity contribution < 1.29 is 18.5 Å². The first kappa shape index (κ1) is 10.0. The number of hydrogen-bond donors (Lipinski definition) is 1. The number of amides is 1. The number of carbonyl (C=O) groups is 1. The quantitative estimate of drug-likeness (QED) is 0.572. The Morgan fingerprint density at radius 3 is 2.43 bits per heavy atom. The van der Waals surface area contributed by atoms with Gasteiger partial charge in [-0.2, -0.15) is 4.39 Å². The number of carbonyl (C=O) groups excluding carboxylic acids is 1. The van der Waals surface area contributed by atoms with Gasteiger partial charge in [0.1, 0.15) is 11.4 Å². The summed E-state index contributed by atoms with van der Waals surface area (Å²) in [4.78, 5) is 19.8. The zero-order valence-electron chi connectivity index (χ0n) is 6.66. The Hall–Kier alpha value is -2.05. The van der Waals surface area contributed by atoms with Crippen LogP contribution in [-0.4, -0.2) is 10.8 Å². The number of nitro benzene ring substituents is 1. The molecule has 0 aromatic heterocycles. The van der Waals surface area contributed by atoms with Gasteiger partial charge in [-0.3, -0.25) is 14.9 Å². The maximum Gasteiger partial charge on any atom is 0.317 e. The molecule has 2 N–H and O–H groups in total. The smallest absolute Gasteiger partial charge is 0.317 e. The van der Waals surface area contributed by atoms with Gasteiger partial charge < -0.3 is 5.73 Å². The van der Waals surface area contributed by atoms with Crippen LogP contribution in [0.15, 0.2) is 12.1 Å². The highest BCUT2D eigenvalue weighted by atomic mass is 19.1. The Kier molecular flexibility index (Phi) is 2.41. The number of nitrogens with zero attached hydrogens (tertiary/aromatic N) is 1. The summed E-state index contributed by atoms with van der Waals surface area (Å²) in [6.45, 7) is 0. The summed E-state index contributed by atoms with van der Waals surface area (Å²) in [7, 11) is 0. The van der Waals surface area contributed by atoms with Gasteiger partial charge in [-0.05, 0) is 6.07 Å². The molecule has 0 fully saturated rings. The Labute approximate surface area is 76.3 Å². The Morgan fingerprint density at radius 1 is 1.43 bits per heavy atom. The van der Waals surface area contributed by atoms with E-state index in [4.69, 9.17) is 5.73 Å². The van der Waals surface area contributed by atoms with E-state index in [9.17, 15) is 23.7 Å². The molecule has 0 saturated heterocycles. The van der Waals surface area contributed by atoms with Gasteiger partial charge in [-0.1, -0.05) is 0 Å². The average molecular weight is 202 g/mol. The van der Waals surface area contributed by atoms with Crippen molar-refractivity contribution in [2.45, 2.75) is 0 Å². The summed E-state index contributed by atoms with van der Waals surface area (Å²) in [5.74, 6) is -3.78. The van der Waals surface area contributed by atoms with E-state index >= 15 is 0 Å². The molecule has 1 rings (SSSR count). The van der Waals surface area contributed by atoms with Crippen LogP contribution in [0.25, 0.3) is 0 Å². The molecular weight excluding hydrogens is 198 g/mol. The number of nitrogens with two attached hydrogens (primary N) is 1. The third kappa shape index (κ3) is 1.65. The summed E-state index contributed by atoms with van der Waals surface area (Å²) < 4.78 is 25.4. The van der Waals surface area contributed by atoms with E-state index < -0.39 is 33.7 Å². The van der Waals surface area contributed by atoms with Crippen molar-refractivity contribution in [3.63, 3.8) is 0 Å². The summed E-state index contributed by atoms with van der Waals surface area (Å²) in [5.41, 5.74) is 2.82. The molecule has 0 unspecified atom stereocenters. The van der Waals surface area contributed by atoms with Crippen LogP contribution in [0.2, 0.25) is 0 Å². The van der Waals surface area contributed by atoms with E-state index in [-0.39, 0.29) is 0 Å². The van der Waals surface area contributed by atoms with Gasteiger partial charge in [-0.25, -0.2) is 4.39 Å². The average Bonchev–Trinajstić information content (AvgIpc) is 2.01. The molecule has 0 spiro atoms. The van der Waals surface area contributed by atoms with Crippen molar-refractivity contribution in [2.24, 2.45) is 5.73 Å². The van der Waals surface area contributed by atoms with Crippen LogP contribution in [0.1, 0.15) is 10.4 Å². The molecule has 7 heteroatoms. The highest BCUT2D eigenvalue weighted by Crippen LogP contribution is 2.23. The number of rotatable bonds is 2. The van der Waals surface area contributed by atoms with Crippen molar-refractivity contribution in [2.75, 3.05) is 0 Å². The molecule has 14 heavy (non-hydrogen) atoms. The molecule has 0 atom stereocenters. The molecule has 1 aromatic carbocycles. The van der Waals surface area contributed by atoms with Crippen LogP contribution in [0.5, 0.6) is 0 Å². The van der Waals surface area contributed by atoms with Crippen molar-refractivity contribution in [3.05, 3.63) is 39.4 Å². The van der Waals surface area contributed by atoms with E-state index in [1.165, 1.54) is 0 Å². The van der Waals surface area contributed by atoms with Crippen molar-refractivity contribution in [1.29, 1.82) is 0 Å². The second-order valence-electron chi connectivity index (χ2n) is 2.41. The normalized spacial score (nSPS) is 9.86. The third-order valence-electron chi connectivity index (χ3n) is 1.48. The summed E-state index contributed by atoms with van der Waals surface area (Å²) in [6.07, 6.45) is 0. The Balaban J connectivity index is 3.52. The van der Waals surface area contributed by atoms with Gasteiger partial charge in [0.25, 0.3) is 5.91 Å². The van der Waals surface area contributed by atoms with Crippen molar-refractivity contribution in [1.82, 2.24) is 0 Å². The SMILES string of the molecule is NC(=O)c1cc(F)cc(F)c1[N+](=O)[O-]. The predicted molar refractivity (Wildman–Crippen MR) is 41.5 cm³/mol. The molecule has 0 bridgehead atoms. The molecule has 0 heterocycles. The van der Waals surface area contributed by atoms with Crippen LogP contribution in [0, 0.1) is 21.7 Å². The maximum absolute atomic E-state index is 12.8. The molecule has 0 aliphatic rings. The standard InChI is InChI=1S/C7H4F2N2O3/c8-3-1-4(7(10)12)6(11(13)14)5(9)2-3/h1-2H,(H2,10,12). The van der Waals surface area contributed by atoms with E-state index in [0.29, 0.717) is 12.1 Å². The summed E-state index contributed by atoms with van der Waals surface area (Å²) in [5, 5.41) is 10.3. The molecule has 74 valence electrons. The molecule has 1 amide bonds. The van der Waals surface area contributed by atoms with E-state index in [0.717, 1.165) is 0 Å². The zero-order valence-corrected chi connectivity index (χ0v) is 6.66. The van der Waals surface area contributed by atoms with Crippen molar-refractivity contribution >= 4 is 11.6 Å². The van der Waals surface area contributed by atoms with Crippen LogP contribution < -0.4 is 5.73 Å². The van der Waals surface area contributed by atoms with Crippen molar-refractivity contribution in [3.8, 4) is 0 Å². The fourth-order valence-corrected chi connectivity index (χ4v) is 0.939. The topological polar surface area (TPSA) is 86.2 Å². The number of halogens is 2.